The Kier molecular flexibility index (Phi) is 6.59. The molecule has 1 heterocycles. The average Bonchev–Trinajstić information content (AvgIpc) is 2.46. The molecule has 0 fully saturated rings. The molecule has 0 saturated carbocycles. The molecule has 1 rings (SSSR count). The molecular formula is C11H21N5O4S. The zero-order valence-corrected chi connectivity index (χ0v) is 13.4. The molecule has 0 atom stereocenters. The Bertz CT molecular complexity index is 529. The first kappa shape index (κ1) is 17.4. The van der Waals surface area contributed by atoms with Crippen LogP contribution in [0.3, 0.4) is 0 Å². The molecule has 0 radical (unpaired) electrons. The minimum absolute atomic E-state index is 0.105. The van der Waals surface area contributed by atoms with E-state index < -0.39 is 10.2 Å². The Balaban J connectivity index is 2.83. The number of ether oxygens (including phenoxy) is 2. The smallest absolute Gasteiger partial charge is 0.303 e. The monoisotopic (exact) mass is 319 g/mol. The standard InChI is InChI=1S/C11H21N5O4S/c1-12-6-5-7-16(2)21(17,18)15-11-13-9(19-3)8-10(14-11)20-4/h8,12H,5-7H2,1-4H3,(H,13,14,15). The van der Waals surface area contributed by atoms with Crippen molar-refractivity contribution in [2.24, 2.45) is 0 Å². The molecule has 0 saturated heterocycles. The van der Waals surface area contributed by atoms with Crippen LogP contribution in [0, 0.1) is 0 Å². The Labute approximate surface area is 124 Å². The molecule has 0 unspecified atom stereocenters. The molecule has 1 aromatic rings. The van der Waals surface area contributed by atoms with Gasteiger partial charge in [-0.1, -0.05) is 0 Å². The molecule has 9 nitrogen and oxygen atoms in total. The van der Waals surface area contributed by atoms with E-state index in [1.807, 2.05) is 7.05 Å². The van der Waals surface area contributed by atoms with E-state index in [2.05, 4.69) is 20.0 Å². The fraction of sp³-hybridized carbons (Fsp3) is 0.636. The van der Waals surface area contributed by atoms with Gasteiger partial charge in [0.1, 0.15) is 0 Å². The lowest BCUT2D eigenvalue weighted by molar-refractivity contribution is 0.373. The highest BCUT2D eigenvalue weighted by molar-refractivity contribution is 7.90. The highest BCUT2D eigenvalue weighted by Gasteiger charge is 2.19. The summed E-state index contributed by atoms with van der Waals surface area (Å²) in [4.78, 5) is 7.84. The number of rotatable bonds is 9. The number of methoxy groups -OCH3 is 2. The first-order valence-corrected chi connectivity index (χ1v) is 7.72. The first-order chi connectivity index (χ1) is 9.92. The van der Waals surface area contributed by atoms with E-state index in [1.165, 1.54) is 31.6 Å². The minimum Gasteiger partial charge on any atom is -0.481 e. The fourth-order valence-electron chi connectivity index (χ4n) is 1.45. The average molecular weight is 319 g/mol. The van der Waals surface area contributed by atoms with Gasteiger partial charge in [0.15, 0.2) is 0 Å². The van der Waals surface area contributed by atoms with Crippen molar-refractivity contribution in [3.63, 3.8) is 0 Å². The van der Waals surface area contributed by atoms with Crippen LogP contribution in [0.2, 0.25) is 0 Å². The lowest BCUT2D eigenvalue weighted by atomic mass is 10.4. The summed E-state index contributed by atoms with van der Waals surface area (Å²) >= 11 is 0. The fourth-order valence-corrected chi connectivity index (χ4v) is 2.30. The molecule has 2 N–H and O–H groups in total. The summed E-state index contributed by atoms with van der Waals surface area (Å²) in [5.41, 5.74) is 0. The summed E-state index contributed by atoms with van der Waals surface area (Å²) in [5, 5.41) is 2.95. The minimum atomic E-state index is -3.72. The van der Waals surface area contributed by atoms with Crippen LogP contribution in [-0.4, -0.2) is 64.1 Å². The van der Waals surface area contributed by atoms with E-state index in [0.29, 0.717) is 13.0 Å². The number of hydrogen-bond donors (Lipinski definition) is 2. The second-order valence-corrected chi connectivity index (χ2v) is 5.94. The number of anilines is 1. The SMILES string of the molecule is CNCCCN(C)S(=O)(=O)Nc1nc(OC)cc(OC)n1. The molecule has 120 valence electrons. The van der Waals surface area contributed by atoms with Gasteiger partial charge in [0.05, 0.1) is 20.3 Å². The van der Waals surface area contributed by atoms with Crippen LogP contribution < -0.4 is 19.5 Å². The maximum absolute atomic E-state index is 12.1. The molecular weight excluding hydrogens is 298 g/mol. The van der Waals surface area contributed by atoms with Crippen LogP contribution in [0.25, 0.3) is 0 Å². The second-order valence-electron chi connectivity index (χ2n) is 4.16. The zero-order valence-electron chi connectivity index (χ0n) is 12.6. The summed E-state index contributed by atoms with van der Waals surface area (Å²) in [6, 6.07) is 1.45. The Morgan fingerprint density at radius 2 is 1.81 bits per heavy atom. The van der Waals surface area contributed by atoms with E-state index in [9.17, 15) is 8.42 Å². The third-order valence-electron chi connectivity index (χ3n) is 2.63. The van der Waals surface area contributed by atoms with Crippen molar-refractivity contribution in [3.8, 4) is 11.8 Å². The number of aromatic nitrogens is 2. The molecule has 0 aliphatic carbocycles. The van der Waals surface area contributed by atoms with Crippen LogP contribution >= 0.6 is 0 Å². The summed E-state index contributed by atoms with van der Waals surface area (Å²) in [5.74, 6) is 0.307. The van der Waals surface area contributed by atoms with Gasteiger partial charge in [-0.2, -0.15) is 22.7 Å². The van der Waals surface area contributed by atoms with Gasteiger partial charge >= 0.3 is 10.2 Å². The predicted molar refractivity (Wildman–Crippen MR) is 78.9 cm³/mol. The van der Waals surface area contributed by atoms with Gasteiger partial charge in [0.25, 0.3) is 0 Å². The lowest BCUT2D eigenvalue weighted by Crippen LogP contribution is -2.34. The Morgan fingerprint density at radius 3 is 2.29 bits per heavy atom. The van der Waals surface area contributed by atoms with Crippen molar-refractivity contribution in [1.82, 2.24) is 19.6 Å². The lowest BCUT2D eigenvalue weighted by Gasteiger charge is -2.17. The van der Waals surface area contributed by atoms with Gasteiger partial charge in [0, 0.05) is 13.6 Å². The van der Waals surface area contributed by atoms with Gasteiger partial charge in [0.2, 0.25) is 17.7 Å². The maximum Gasteiger partial charge on any atom is 0.303 e. The topological polar surface area (TPSA) is 106 Å². The summed E-state index contributed by atoms with van der Waals surface area (Å²) in [7, 11) is 2.41. The zero-order chi connectivity index (χ0) is 15.9. The van der Waals surface area contributed by atoms with E-state index in [4.69, 9.17) is 9.47 Å². The van der Waals surface area contributed by atoms with Crippen LogP contribution in [-0.2, 0) is 10.2 Å². The largest absolute Gasteiger partial charge is 0.481 e. The third kappa shape index (κ3) is 5.33. The van der Waals surface area contributed by atoms with Crippen molar-refractivity contribution in [2.75, 3.05) is 46.1 Å². The summed E-state index contributed by atoms with van der Waals surface area (Å²) < 4.78 is 37.7. The number of nitrogens with one attached hydrogen (secondary N) is 2. The molecule has 0 spiro atoms. The highest BCUT2D eigenvalue weighted by Crippen LogP contribution is 2.18. The van der Waals surface area contributed by atoms with Crippen LogP contribution in [0.5, 0.6) is 11.8 Å². The van der Waals surface area contributed by atoms with Crippen molar-refractivity contribution in [3.05, 3.63) is 6.07 Å². The Morgan fingerprint density at radius 1 is 1.24 bits per heavy atom. The molecule has 0 aromatic carbocycles. The van der Waals surface area contributed by atoms with Gasteiger partial charge in [-0.15, -0.1) is 0 Å². The van der Waals surface area contributed by atoms with Crippen molar-refractivity contribution in [1.29, 1.82) is 0 Å². The highest BCUT2D eigenvalue weighted by atomic mass is 32.2. The molecule has 0 aliphatic rings. The Hall–Kier alpha value is -1.65. The number of nitrogens with zero attached hydrogens (tertiary/aromatic N) is 3. The van der Waals surface area contributed by atoms with Crippen LogP contribution in [0.4, 0.5) is 5.95 Å². The summed E-state index contributed by atoms with van der Waals surface area (Å²) in [6.07, 6.45) is 0.691. The van der Waals surface area contributed by atoms with E-state index in [0.717, 1.165) is 6.54 Å². The predicted octanol–water partition coefficient (Wildman–Crippen LogP) is -0.308. The van der Waals surface area contributed by atoms with E-state index in [1.54, 1.807) is 0 Å². The molecule has 10 heteroatoms. The van der Waals surface area contributed by atoms with Gasteiger partial charge in [-0.05, 0) is 20.0 Å². The third-order valence-corrected chi connectivity index (χ3v) is 4.07. The maximum atomic E-state index is 12.1. The number of hydrogen-bond acceptors (Lipinski definition) is 7. The second kappa shape index (κ2) is 7.96. The van der Waals surface area contributed by atoms with Crippen LogP contribution in [0.15, 0.2) is 6.07 Å². The van der Waals surface area contributed by atoms with Gasteiger partial charge in [-0.3, -0.25) is 0 Å². The molecule has 0 amide bonds. The molecule has 0 bridgehead atoms. The quantitative estimate of drug-likeness (QED) is 0.601. The summed E-state index contributed by atoms with van der Waals surface area (Å²) in [6.45, 7) is 1.10. The van der Waals surface area contributed by atoms with Crippen molar-refractivity contribution < 1.29 is 17.9 Å². The molecule has 0 aliphatic heterocycles. The first-order valence-electron chi connectivity index (χ1n) is 6.28. The van der Waals surface area contributed by atoms with E-state index >= 15 is 0 Å². The normalized spacial score (nSPS) is 11.5. The molecule has 1 aromatic heterocycles. The van der Waals surface area contributed by atoms with Gasteiger partial charge < -0.3 is 14.8 Å². The van der Waals surface area contributed by atoms with Gasteiger partial charge in [-0.25, -0.2) is 4.72 Å². The van der Waals surface area contributed by atoms with Crippen molar-refractivity contribution >= 4 is 16.2 Å². The van der Waals surface area contributed by atoms with E-state index in [-0.39, 0.29) is 17.7 Å². The molecule has 21 heavy (non-hydrogen) atoms. The van der Waals surface area contributed by atoms with Crippen LogP contribution in [0.1, 0.15) is 6.42 Å². The van der Waals surface area contributed by atoms with Crippen molar-refractivity contribution in [2.45, 2.75) is 6.42 Å².